The van der Waals surface area contributed by atoms with E-state index < -0.39 is 5.97 Å². The smallest absolute Gasteiger partial charge is 0.339 e. The lowest BCUT2D eigenvalue weighted by Gasteiger charge is -2.23. The lowest BCUT2D eigenvalue weighted by atomic mass is 10.0. The summed E-state index contributed by atoms with van der Waals surface area (Å²) in [6.45, 7) is 6.43. The first-order valence-corrected chi connectivity index (χ1v) is 9.16. The second-order valence-corrected chi connectivity index (χ2v) is 6.79. The molecule has 1 heterocycles. The van der Waals surface area contributed by atoms with Crippen molar-refractivity contribution < 1.29 is 23.5 Å². The Labute approximate surface area is 164 Å². The maximum atomic E-state index is 12.9. The van der Waals surface area contributed by atoms with Gasteiger partial charge in [-0.2, -0.15) is 0 Å². The van der Waals surface area contributed by atoms with Gasteiger partial charge in [-0.25, -0.2) is 9.18 Å². The number of carbonyl (C=O) groups is 2. The van der Waals surface area contributed by atoms with Crippen molar-refractivity contribution in [1.82, 2.24) is 9.88 Å². The molecule has 1 N–H and O–H groups in total. The van der Waals surface area contributed by atoms with E-state index in [9.17, 15) is 14.0 Å². The van der Waals surface area contributed by atoms with Crippen LogP contribution in [-0.4, -0.2) is 55.0 Å². The average molecular weight is 390 g/mol. The third kappa shape index (κ3) is 4.98. The number of nitrogens with one attached hydrogen (secondary N) is 1. The number of aromatic amines is 1. The van der Waals surface area contributed by atoms with E-state index in [1.807, 2.05) is 18.9 Å². The zero-order chi connectivity index (χ0) is 20.8. The topological polar surface area (TPSA) is 71.6 Å². The van der Waals surface area contributed by atoms with Crippen molar-refractivity contribution in [2.75, 3.05) is 27.3 Å². The molecule has 0 saturated heterocycles. The molecule has 2 aromatic rings. The van der Waals surface area contributed by atoms with Crippen LogP contribution in [0.25, 0.3) is 0 Å². The summed E-state index contributed by atoms with van der Waals surface area (Å²) in [5, 5.41) is 0. The molecule has 152 valence electrons. The predicted octanol–water partition coefficient (Wildman–Crippen LogP) is 3.53. The highest BCUT2D eigenvalue weighted by Crippen LogP contribution is 2.21. The van der Waals surface area contributed by atoms with E-state index in [1.54, 1.807) is 26.0 Å². The fraction of sp³-hybridized carbons (Fsp3) is 0.429. The maximum absolute atomic E-state index is 12.9. The Morgan fingerprint density at radius 1 is 1.21 bits per heavy atom. The van der Waals surface area contributed by atoms with E-state index in [0.29, 0.717) is 47.8 Å². The molecule has 0 aliphatic rings. The van der Waals surface area contributed by atoms with Gasteiger partial charge in [0.25, 0.3) is 0 Å². The van der Waals surface area contributed by atoms with Crippen LogP contribution < -0.4 is 4.74 Å². The number of esters is 1. The van der Waals surface area contributed by atoms with Crippen LogP contribution in [0.5, 0.6) is 5.75 Å². The summed E-state index contributed by atoms with van der Waals surface area (Å²) < 4.78 is 23.3. The van der Waals surface area contributed by atoms with Crippen LogP contribution in [0, 0.1) is 19.7 Å². The number of carbonyl (C=O) groups excluding carboxylic acids is 2. The Hall–Kier alpha value is -2.67. The molecule has 7 heteroatoms. The molecule has 6 nitrogen and oxygen atoms in total. The number of Topliss-reactive ketones (excluding diaryl/α,β-unsaturated/α-hetero) is 1. The highest BCUT2D eigenvalue weighted by molar-refractivity contribution is 6.03. The van der Waals surface area contributed by atoms with Gasteiger partial charge in [0.05, 0.1) is 31.0 Å². The quantitative estimate of drug-likeness (QED) is 0.403. The molecule has 0 saturated carbocycles. The number of benzene rings is 1. The van der Waals surface area contributed by atoms with Gasteiger partial charge in [-0.1, -0.05) is 0 Å². The average Bonchev–Trinajstić information content (AvgIpc) is 2.98. The number of H-pyrrole nitrogens is 1. The monoisotopic (exact) mass is 390 g/mol. The fourth-order valence-corrected chi connectivity index (χ4v) is 3.04. The Morgan fingerprint density at radius 2 is 1.86 bits per heavy atom. The van der Waals surface area contributed by atoms with Crippen LogP contribution in [0.2, 0.25) is 0 Å². The van der Waals surface area contributed by atoms with Gasteiger partial charge >= 0.3 is 5.97 Å². The lowest BCUT2D eigenvalue weighted by molar-refractivity contribution is 0.0599. The Kier molecular flexibility index (Phi) is 7.34. The first-order chi connectivity index (χ1) is 13.3. The summed E-state index contributed by atoms with van der Waals surface area (Å²) in [7, 11) is 3.19. The third-order valence-corrected chi connectivity index (χ3v) is 4.85. The molecular formula is C21H27FN2O4. The zero-order valence-electron chi connectivity index (χ0n) is 17.0. The van der Waals surface area contributed by atoms with Gasteiger partial charge in [0.2, 0.25) is 0 Å². The van der Waals surface area contributed by atoms with E-state index in [0.717, 1.165) is 0 Å². The number of ketones is 1. The van der Waals surface area contributed by atoms with Crippen LogP contribution in [0.1, 0.15) is 45.4 Å². The molecule has 1 unspecified atom stereocenters. The number of rotatable bonds is 9. The van der Waals surface area contributed by atoms with Crippen LogP contribution in [0.3, 0.4) is 0 Å². The summed E-state index contributed by atoms with van der Waals surface area (Å²) in [5.41, 5.74) is 2.07. The first-order valence-electron chi connectivity index (χ1n) is 9.16. The first kappa shape index (κ1) is 21.6. The van der Waals surface area contributed by atoms with Gasteiger partial charge in [0.1, 0.15) is 11.6 Å². The van der Waals surface area contributed by atoms with Crippen LogP contribution in [-0.2, 0) is 4.74 Å². The number of aryl methyl sites for hydroxylation is 1. The number of hydrogen-bond acceptors (Lipinski definition) is 5. The van der Waals surface area contributed by atoms with Crippen LogP contribution in [0.15, 0.2) is 24.3 Å². The van der Waals surface area contributed by atoms with Crippen molar-refractivity contribution in [3.05, 3.63) is 52.6 Å². The number of methoxy groups -OCH3 is 1. The largest absolute Gasteiger partial charge is 0.494 e. The lowest BCUT2D eigenvalue weighted by Crippen LogP contribution is -2.37. The third-order valence-electron chi connectivity index (χ3n) is 4.85. The highest BCUT2D eigenvalue weighted by atomic mass is 19.1. The molecule has 0 aliphatic carbocycles. The Balaban J connectivity index is 1.91. The number of halogens is 1. The van der Waals surface area contributed by atoms with Crippen LogP contribution in [0.4, 0.5) is 4.39 Å². The van der Waals surface area contributed by atoms with Gasteiger partial charge in [-0.15, -0.1) is 0 Å². The molecule has 0 spiro atoms. The minimum atomic E-state index is -0.454. The Morgan fingerprint density at radius 3 is 2.46 bits per heavy atom. The van der Waals surface area contributed by atoms with Gasteiger partial charge in [0, 0.05) is 12.2 Å². The molecule has 0 amide bonds. The number of ether oxygens (including phenoxy) is 2. The van der Waals surface area contributed by atoms with E-state index >= 15 is 0 Å². The van der Waals surface area contributed by atoms with Gasteiger partial charge < -0.3 is 14.5 Å². The zero-order valence-corrected chi connectivity index (χ0v) is 17.0. The molecular weight excluding hydrogens is 363 g/mol. The van der Waals surface area contributed by atoms with E-state index in [4.69, 9.17) is 9.47 Å². The molecule has 0 aliphatic heterocycles. The normalized spacial score (nSPS) is 12.1. The SMILES string of the molecule is COC(=O)c1c(C)[nH]c(C(=O)C(C)N(C)CCCOc2ccc(F)cc2)c1C. The van der Waals surface area contributed by atoms with Crippen molar-refractivity contribution >= 4 is 11.8 Å². The van der Waals surface area contributed by atoms with Gasteiger partial charge in [0.15, 0.2) is 5.78 Å². The highest BCUT2D eigenvalue weighted by Gasteiger charge is 2.27. The summed E-state index contributed by atoms with van der Waals surface area (Å²) in [4.78, 5) is 29.7. The number of hydrogen-bond donors (Lipinski definition) is 1. The van der Waals surface area contributed by atoms with Gasteiger partial charge in [-0.3, -0.25) is 9.69 Å². The van der Waals surface area contributed by atoms with Crippen molar-refractivity contribution in [2.24, 2.45) is 0 Å². The van der Waals surface area contributed by atoms with Crippen molar-refractivity contribution in [3.63, 3.8) is 0 Å². The summed E-state index contributed by atoms with van der Waals surface area (Å²) in [6, 6.07) is 5.51. The van der Waals surface area contributed by atoms with E-state index in [1.165, 1.54) is 19.2 Å². The molecule has 0 radical (unpaired) electrons. The Bertz CT molecular complexity index is 830. The number of nitrogens with zero attached hydrogens (tertiary/aromatic N) is 1. The maximum Gasteiger partial charge on any atom is 0.339 e. The van der Waals surface area contributed by atoms with Crippen molar-refractivity contribution in [3.8, 4) is 5.75 Å². The molecule has 28 heavy (non-hydrogen) atoms. The second kappa shape index (κ2) is 9.50. The predicted molar refractivity (Wildman–Crippen MR) is 105 cm³/mol. The van der Waals surface area contributed by atoms with Crippen molar-refractivity contribution in [2.45, 2.75) is 33.2 Å². The summed E-state index contributed by atoms with van der Waals surface area (Å²) in [6.07, 6.45) is 0.710. The van der Waals surface area contributed by atoms with Gasteiger partial charge in [-0.05, 0) is 64.1 Å². The minimum Gasteiger partial charge on any atom is -0.494 e. The minimum absolute atomic E-state index is 0.0855. The fourth-order valence-electron chi connectivity index (χ4n) is 3.04. The van der Waals surface area contributed by atoms with E-state index in [-0.39, 0.29) is 17.6 Å². The van der Waals surface area contributed by atoms with Crippen LogP contribution >= 0.6 is 0 Å². The molecule has 1 atom stereocenters. The number of likely N-dealkylation sites (N-methyl/N-ethyl adjacent to an activating group) is 1. The standard InChI is InChI=1S/C21H27FN2O4/c1-13-18(21(26)27-5)14(2)23-19(13)20(25)15(3)24(4)11-6-12-28-17-9-7-16(22)8-10-17/h7-10,15,23H,6,11-12H2,1-5H3. The molecule has 2 rings (SSSR count). The molecule has 0 bridgehead atoms. The molecule has 1 aromatic heterocycles. The molecule has 0 fully saturated rings. The molecule has 1 aromatic carbocycles. The summed E-state index contributed by atoms with van der Waals surface area (Å²) in [5.74, 6) is -0.229. The van der Waals surface area contributed by atoms with E-state index in [2.05, 4.69) is 4.98 Å². The second-order valence-electron chi connectivity index (χ2n) is 6.79. The van der Waals surface area contributed by atoms with Crippen molar-refractivity contribution in [1.29, 1.82) is 0 Å². The number of aromatic nitrogens is 1. The summed E-state index contributed by atoms with van der Waals surface area (Å²) >= 11 is 0.